The van der Waals surface area contributed by atoms with E-state index in [2.05, 4.69) is 18.7 Å². The van der Waals surface area contributed by atoms with Gasteiger partial charge in [-0.15, -0.1) is 0 Å². The minimum atomic E-state index is -0.226. The van der Waals surface area contributed by atoms with Gasteiger partial charge in [0, 0.05) is 32.5 Å². The van der Waals surface area contributed by atoms with Crippen LogP contribution in [-0.2, 0) is 0 Å². The summed E-state index contributed by atoms with van der Waals surface area (Å²) in [6, 6.07) is 7.78. The number of benzene rings is 1. The lowest BCUT2D eigenvalue weighted by molar-refractivity contribution is -0.0154. The number of fused-ring (bicyclic) bond motifs is 1. The molecule has 1 aromatic carbocycles. The second-order valence-electron chi connectivity index (χ2n) is 8.26. The zero-order valence-corrected chi connectivity index (χ0v) is 17.2. The van der Waals surface area contributed by atoms with Crippen LogP contribution in [0.1, 0.15) is 75.6 Å². The third kappa shape index (κ3) is 5.04. The topological polar surface area (TPSA) is 32.8 Å². The molecule has 1 spiro atoms. The molecule has 4 nitrogen and oxygen atoms in total. The maximum Gasteiger partial charge on any atom is 0.257 e. The van der Waals surface area contributed by atoms with Crippen LogP contribution < -0.4 is 4.74 Å². The van der Waals surface area contributed by atoms with Crippen molar-refractivity contribution in [2.24, 2.45) is 0 Å². The van der Waals surface area contributed by atoms with Crippen molar-refractivity contribution in [1.82, 2.24) is 9.80 Å². The number of likely N-dealkylation sites (tertiary alicyclic amines) is 1. The van der Waals surface area contributed by atoms with E-state index in [1.807, 2.05) is 29.2 Å². The summed E-state index contributed by atoms with van der Waals surface area (Å²) in [6.45, 7) is 9.28. The predicted octanol–water partition coefficient (Wildman–Crippen LogP) is 4.74. The fraction of sp³-hybridized carbons (Fsp3) is 0.696. The number of hydrogen-bond acceptors (Lipinski definition) is 3. The Morgan fingerprint density at radius 1 is 0.963 bits per heavy atom. The fourth-order valence-electron chi connectivity index (χ4n) is 4.42. The molecule has 27 heavy (non-hydrogen) atoms. The summed E-state index contributed by atoms with van der Waals surface area (Å²) >= 11 is 0. The van der Waals surface area contributed by atoms with Crippen molar-refractivity contribution in [2.75, 3.05) is 32.7 Å². The van der Waals surface area contributed by atoms with Gasteiger partial charge in [-0.1, -0.05) is 51.7 Å². The molecule has 0 radical (unpaired) electrons. The fourth-order valence-corrected chi connectivity index (χ4v) is 4.42. The quantitative estimate of drug-likeness (QED) is 0.618. The molecule has 150 valence electrons. The maximum absolute atomic E-state index is 13.0. The lowest BCUT2D eigenvalue weighted by Gasteiger charge is -2.42. The van der Waals surface area contributed by atoms with Crippen LogP contribution in [0, 0.1) is 0 Å². The molecule has 2 aliphatic rings. The molecule has 0 saturated carbocycles. The van der Waals surface area contributed by atoms with Crippen molar-refractivity contribution in [1.29, 1.82) is 0 Å². The molecule has 2 aliphatic heterocycles. The summed E-state index contributed by atoms with van der Waals surface area (Å²) in [6.07, 6.45) is 9.66. The summed E-state index contributed by atoms with van der Waals surface area (Å²) in [5, 5.41) is 0. The highest BCUT2D eigenvalue weighted by Crippen LogP contribution is 2.35. The van der Waals surface area contributed by atoms with Crippen molar-refractivity contribution in [2.45, 2.75) is 70.8 Å². The van der Waals surface area contributed by atoms with Crippen molar-refractivity contribution in [3.05, 3.63) is 29.8 Å². The molecule has 1 aromatic rings. The van der Waals surface area contributed by atoms with E-state index in [4.69, 9.17) is 4.74 Å². The van der Waals surface area contributed by atoms with E-state index in [9.17, 15) is 4.79 Å². The molecule has 0 unspecified atom stereocenters. The van der Waals surface area contributed by atoms with E-state index < -0.39 is 0 Å². The van der Waals surface area contributed by atoms with Gasteiger partial charge in [-0.05, 0) is 31.5 Å². The van der Waals surface area contributed by atoms with Gasteiger partial charge in [-0.3, -0.25) is 4.79 Å². The van der Waals surface area contributed by atoms with Gasteiger partial charge in [-0.25, -0.2) is 0 Å². The highest BCUT2D eigenvalue weighted by molar-refractivity contribution is 5.97. The van der Waals surface area contributed by atoms with Crippen molar-refractivity contribution < 1.29 is 9.53 Å². The van der Waals surface area contributed by atoms with E-state index >= 15 is 0 Å². The number of para-hydroxylation sites is 1. The van der Waals surface area contributed by atoms with E-state index in [-0.39, 0.29) is 11.5 Å². The molecule has 0 N–H and O–H groups in total. The van der Waals surface area contributed by atoms with Crippen molar-refractivity contribution in [3.8, 4) is 5.75 Å². The minimum absolute atomic E-state index is 0.127. The normalized spacial score (nSPS) is 19.6. The van der Waals surface area contributed by atoms with E-state index in [0.717, 1.165) is 56.8 Å². The summed E-state index contributed by atoms with van der Waals surface area (Å²) < 4.78 is 6.55. The number of amides is 1. The van der Waals surface area contributed by atoms with Crippen LogP contribution >= 0.6 is 0 Å². The van der Waals surface area contributed by atoms with Crippen LogP contribution in [0.15, 0.2) is 24.3 Å². The van der Waals surface area contributed by atoms with Crippen molar-refractivity contribution >= 4 is 5.91 Å². The van der Waals surface area contributed by atoms with Crippen LogP contribution in [0.3, 0.4) is 0 Å². The Morgan fingerprint density at radius 2 is 1.70 bits per heavy atom. The Kier molecular flexibility index (Phi) is 7.17. The summed E-state index contributed by atoms with van der Waals surface area (Å²) in [5.41, 5.74) is 0.497. The molecule has 0 aromatic heterocycles. The molecule has 2 heterocycles. The van der Waals surface area contributed by atoms with Crippen molar-refractivity contribution in [3.63, 3.8) is 0 Å². The number of piperidine rings is 1. The van der Waals surface area contributed by atoms with Gasteiger partial charge >= 0.3 is 0 Å². The summed E-state index contributed by atoms with van der Waals surface area (Å²) in [7, 11) is 0. The van der Waals surface area contributed by atoms with Crippen LogP contribution in [0.5, 0.6) is 5.75 Å². The largest absolute Gasteiger partial charge is 0.484 e. The number of unbranched alkanes of at least 4 members (excludes halogenated alkanes) is 4. The zero-order valence-electron chi connectivity index (χ0n) is 17.2. The monoisotopic (exact) mass is 372 g/mol. The first-order valence-electron chi connectivity index (χ1n) is 11.0. The Hall–Kier alpha value is -1.55. The number of rotatable bonds is 8. The molecule has 1 fully saturated rings. The summed E-state index contributed by atoms with van der Waals surface area (Å²) in [4.78, 5) is 17.6. The van der Waals surface area contributed by atoms with Crippen LogP contribution in [-0.4, -0.2) is 54.0 Å². The highest BCUT2D eigenvalue weighted by atomic mass is 16.5. The standard InChI is InChI=1S/C23H36N2O2/c1-3-5-6-7-10-16-24-17-13-23(14-18-24)19-25(15-4-2)22(26)20-11-8-9-12-21(20)27-23/h8-9,11-12H,3-7,10,13-19H2,1-2H3. The second-order valence-corrected chi connectivity index (χ2v) is 8.26. The van der Waals surface area contributed by atoms with Gasteiger partial charge in [0.1, 0.15) is 11.4 Å². The highest BCUT2D eigenvalue weighted by Gasteiger charge is 2.42. The van der Waals surface area contributed by atoms with E-state index in [1.54, 1.807) is 0 Å². The van der Waals surface area contributed by atoms with Crippen LogP contribution in [0.25, 0.3) is 0 Å². The SMILES string of the molecule is CCCCCCCN1CCC2(CC1)CN(CCC)C(=O)c1ccccc1O2. The molecule has 1 amide bonds. The number of nitrogens with zero attached hydrogens (tertiary/aromatic N) is 2. The minimum Gasteiger partial charge on any atom is -0.484 e. The van der Waals surface area contributed by atoms with Gasteiger partial charge < -0.3 is 14.5 Å². The molecule has 3 rings (SSSR count). The maximum atomic E-state index is 13.0. The molecule has 0 aliphatic carbocycles. The van der Waals surface area contributed by atoms with E-state index in [0.29, 0.717) is 0 Å². The average molecular weight is 373 g/mol. The second kappa shape index (κ2) is 9.59. The molecular formula is C23H36N2O2. The van der Waals surface area contributed by atoms with Gasteiger partial charge in [0.2, 0.25) is 0 Å². The van der Waals surface area contributed by atoms with Gasteiger partial charge in [0.05, 0.1) is 12.1 Å². The number of carbonyl (C=O) groups is 1. The number of hydrogen-bond donors (Lipinski definition) is 0. The van der Waals surface area contributed by atoms with Gasteiger partial charge in [0.15, 0.2) is 0 Å². The Morgan fingerprint density at radius 3 is 2.44 bits per heavy atom. The van der Waals surface area contributed by atoms with Gasteiger partial charge in [-0.2, -0.15) is 0 Å². The molecule has 0 atom stereocenters. The Labute approximate surface area is 164 Å². The lowest BCUT2D eigenvalue weighted by Crippen LogP contribution is -2.54. The first-order chi connectivity index (χ1) is 13.2. The molecule has 4 heteroatoms. The third-order valence-electron chi connectivity index (χ3n) is 6.05. The molecule has 0 bridgehead atoms. The smallest absolute Gasteiger partial charge is 0.257 e. The molecular weight excluding hydrogens is 336 g/mol. The first-order valence-corrected chi connectivity index (χ1v) is 11.0. The van der Waals surface area contributed by atoms with Gasteiger partial charge in [0.25, 0.3) is 5.91 Å². The van der Waals surface area contributed by atoms with Crippen LogP contribution in [0.2, 0.25) is 0 Å². The molecule has 1 saturated heterocycles. The lowest BCUT2D eigenvalue weighted by atomic mass is 9.90. The van der Waals surface area contributed by atoms with Crippen LogP contribution in [0.4, 0.5) is 0 Å². The summed E-state index contributed by atoms with van der Waals surface area (Å²) in [5.74, 6) is 0.900. The van der Waals surface area contributed by atoms with E-state index in [1.165, 1.54) is 38.6 Å². The number of carbonyl (C=O) groups excluding carboxylic acids is 1. The number of ether oxygens (including phenoxy) is 1. The Bertz CT molecular complexity index is 608. The third-order valence-corrected chi connectivity index (χ3v) is 6.05. The average Bonchev–Trinajstić information content (AvgIpc) is 2.79. The predicted molar refractivity (Wildman–Crippen MR) is 110 cm³/mol. The zero-order chi connectivity index (χ0) is 19.1. The first kappa shape index (κ1) is 20.2. The Balaban J connectivity index is 1.63.